The SMILES string of the molecule is O=c1c2ccccc2nc(CN2CCN(c3ccccn3)CC2)n1-c1ccc(F)cc1. The van der Waals surface area contributed by atoms with Gasteiger partial charge in [-0.15, -0.1) is 0 Å². The van der Waals surface area contributed by atoms with Crippen molar-refractivity contribution in [1.82, 2.24) is 19.4 Å². The first kappa shape index (κ1) is 19.4. The molecule has 6 nitrogen and oxygen atoms in total. The van der Waals surface area contributed by atoms with Crippen LogP contribution in [-0.2, 0) is 6.54 Å². The molecule has 0 unspecified atom stereocenters. The smallest absolute Gasteiger partial charge is 0.266 e. The van der Waals surface area contributed by atoms with E-state index in [1.807, 2.05) is 42.6 Å². The highest BCUT2D eigenvalue weighted by Gasteiger charge is 2.21. The summed E-state index contributed by atoms with van der Waals surface area (Å²) in [6.07, 6.45) is 1.81. The third-order valence-electron chi connectivity index (χ3n) is 5.64. The molecule has 1 saturated heterocycles. The van der Waals surface area contributed by atoms with E-state index in [0.29, 0.717) is 29.0 Å². The van der Waals surface area contributed by atoms with Crippen LogP contribution in [-0.4, -0.2) is 45.6 Å². The van der Waals surface area contributed by atoms with E-state index < -0.39 is 0 Å². The molecule has 0 amide bonds. The summed E-state index contributed by atoms with van der Waals surface area (Å²) in [4.78, 5) is 27.1. The lowest BCUT2D eigenvalue weighted by molar-refractivity contribution is 0.241. The van der Waals surface area contributed by atoms with Crippen LogP contribution in [0.1, 0.15) is 5.82 Å². The van der Waals surface area contributed by atoms with Crippen LogP contribution in [0, 0.1) is 5.82 Å². The number of hydrogen-bond acceptors (Lipinski definition) is 5. The quantitative estimate of drug-likeness (QED) is 0.512. The molecular weight excluding hydrogens is 393 g/mol. The highest BCUT2D eigenvalue weighted by Crippen LogP contribution is 2.17. The zero-order chi connectivity index (χ0) is 21.2. The summed E-state index contributed by atoms with van der Waals surface area (Å²) < 4.78 is 15.1. The number of pyridine rings is 1. The van der Waals surface area contributed by atoms with Gasteiger partial charge in [0.15, 0.2) is 0 Å². The molecule has 156 valence electrons. The van der Waals surface area contributed by atoms with Gasteiger partial charge in [-0.25, -0.2) is 14.4 Å². The minimum absolute atomic E-state index is 0.140. The summed E-state index contributed by atoms with van der Waals surface area (Å²) >= 11 is 0. The van der Waals surface area contributed by atoms with Crippen molar-refractivity contribution in [2.75, 3.05) is 31.1 Å². The predicted molar refractivity (Wildman–Crippen MR) is 119 cm³/mol. The lowest BCUT2D eigenvalue weighted by Gasteiger charge is -2.35. The lowest BCUT2D eigenvalue weighted by Crippen LogP contribution is -2.46. The van der Waals surface area contributed by atoms with Gasteiger partial charge in [0.25, 0.3) is 5.56 Å². The number of para-hydroxylation sites is 1. The van der Waals surface area contributed by atoms with Crippen molar-refractivity contribution in [2.24, 2.45) is 0 Å². The lowest BCUT2D eigenvalue weighted by atomic mass is 10.2. The molecule has 2 aromatic heterocycles. The second-order valence-corrected chi connectivity index (χ2v) is 7.61. The van der Waals surface area contributed by atoms with Gasteiger partial charge in [-0.2, -0.15) is 0 Å². The number of halogens is 1. The van der Waals surface area contributed by atoms with Crippen LogP contribution in [0.3, 0.4) is 0 Å². The van der Waals surface area contributed by atoms with Gasteiger partial charge in [0.2, 0.25) is 0 Å². The molecule has 1 aliphatic heterocycles. The van der Waals surface area contributed by atoms with Crippen molar-refractivity contribution in [3.05, 3.63) is 94.9 Å². The normalized spacial score (nSPS) is 14.8. The first-order chi connectivity index (χ1) is 15.2. The molecule has 0 aliphatic carbocycles. The van der Waals surface area contributed by atoms with Crippen molar-refractivity contribution in [2.45, 2.75) is 6.54 Å². The minimum atomic E-state index is -0.335. The second kappa shape index (κ2) is 8.28. The van der Waals surface area contributed by atoms with E-state index in [0.717, 1.165) is 32.0 Å². The van der Waals surface area contributed by atoms with E-state index in [4.69, 9.17) is 4.98 Å². The van der Waals surface area contributed by atoms with Gasteiger partial charge in [-0.1, -0.05) is 18.2 Å². The molecular formula is C24H22FN5O. The van der Waals surface area contributed by atoms with Gasteiger partial charge in [0, 0.05) is 32.4 Å². The van der Waals surface area contributed by atoms with E-state index in [1.165, 1.54) is 12.1 Å². The summed E-state index contributed by atoms with van der Waals surface area (Å²) in [7, 11) is 0. The van der Waals surface area contributed by atoms with Gasteiger partial charge >= 0.3 is 0 Å². The number of rotatable bonds is 4. The van der Waals surface area contributed by atoms with Crippen molar-refractivity contribution < 1.29 is 4.39 Å². The first-order valence-corrected chi connectivity index (χ1v) is 10.3. The van der Waals surface area contributed by atoms with E-state index >= 15 is 0 Å². The van der Waals surface area contributed by atoms with E-state index in [-0.39, 0.29) is 11.4 Å². The highest BCUT2D eigenvalue weighted by molar-refractivity contribution is 5.77. The van der Waals surface area contributed by atoms with Crippen LogP contribution in [0.5, 0.6) is 0 Å². The van der Waals surface area contributed by atoms with Crippen molar-refractivity contribution in [1.29, 1.82) is 0 Å². The topological polar surface area (TPSA) is 54.3 Å². The summed E-state index contributed by atoms with van der Waals surface area (Å²) in [5.74, 6) is 1.30. The summed E-state index contributed by atoms with van der Waals surface area (Å²) in [6.45, 7) is 3.91. The second-order valence-electron chi connectivity index (χ2n) is 7.61. The minimum Gasteiger partial charge on any atom is -0.354 e. The maximum atomic E-state index is 13.5. The number of benzene rings is 2. The molecule has 1 aliphatic rings. The Labute approximate surface area is 179 Å². The predicted octanol–water partition coefficient (Wildman–Crippen LogP) is 3.24. The molecule has 5 rings (SSSR count). The average molecular weight is 415 g/mol. The monoisotopic (exact) mass is 415 g/mol. The van der Waals surface area contributed by atoms with Gasteiger partial charge in [0.05, 0.1) is 23.1 Å². The summed E-state index contributed by atoms with van der Waals surface area (Å²) in [5, 5.41) is 0.551. The average Bonchev–Trinajstić information content (AvgIpc) is 2.81. The van der Waals surface area contributed by atoms with E-state index in [2.05, 4.69) is 14.8 Å². The molecule has 31 heavy (non-hydrogen) atoms. The Kier molecular flexibility index (Phi) is 5.18. The van der Waals surface area contributed by atoms with Gasteiger partial charge in [0.1, 0.15) is 17.5 Å². The molecule has 0 saturated carbocycles. The van der Waals surface area contributed by atoms with Crippen LogP contribution >= 0.6 is 0 Å². The van der Waals surface area contributed by atoms with Crippen molar-refractivity contribution >= 4 is 16.7 Å². The Morgan fingerprint density at radius 1 is 0.871 bits per heavy atom. The van der Waals surface area contributed by atoms with Crippen LogP contribution in [0.15, 0.2) is 77.7 Å². The Balaban J connectivity index is 1.46. The van der Waals surface area contributed by atoms with Gasteiger partial charge < -0.3 is 4.90 Å². The zero-order valence-electron chi connectivity index (χ0n) is 17.0. The van der Waals surface area contributed by atoms with Gasteiger partial charge in [-0.3, -0.25) is 14.3 Å². The Morgan fingerprint density at radius 2 is 1.61 bits per heavy atom. The van der Waals surface area contributed by atoms with Crippen LogP contribution in [0.4, 0.5) is 10.2 Å². The number of nitrogens with zero attached hydrogens (tertiary/aromatic N) is 5. The number of fused-ring (bicyclic) bond motifs is 1. The fourth-order valence-electron chi connectivity index (χ4n) is 4.02. The largest absolute Gasteiger partial charge is 0.354 e. The van der Waals surface area contributed by atoms with Gasteiger partial charge in [-0.05, 0) is 48.5 Å². The summed E-state index contributed by atoms with van der Waals surface area (Å²) in [5.41, 5.74) is 1.15. The number of aromatic nitrogens is 3. The molecule has 2 aromatic carbocycles. The van der Waals surface area contributed by atoms with Crippen molar-refractivity contribution in [3.63, 3.8) is 0 Å². The maximum absolute atomic E-state index is 13.5. The van der Waals surface area contributed by atoms with Crippen LogP contribution in [0.2, 0.25) is 0 Å². The third-order valence-corrected chi connectivity index (χ3v) is 5.64. The molecule has 0 atom stereocenters. The Hall–Kier alpha value is -3.58. The van der Waals surface area contributed by atoms with Crippen molar-refractivity contribution in [3.8, 4) is 5.69 Å². The summed E-state index contributed by atoms with van der Waals surface area (Å²) in [6, 6.07) is 19.3. The molecule has 0 bridgehead atoms. The number of hydrogen-bond donors (Lipinski definition) is 0. The molecule has 3 heterocycles. The van der Waals surface area contributed by atoms with E-state index in [1.54, 1.807) is 22.8 Å². The maximum Gasteiger partial charge on any atom is 0.266 e. The van der Waals surface area contributed by atoms with Crippen LogP contribution < -0.4 is 10.5 Å². The molecule has 0 spiro atoms. The standard InChI is InChI=1S/C24H22FN5O/c25-18-8-10-19(11-9-18)30-23(27-21-6-2-1-5-20(21)24(30)31)17-28-13-15-29(16-14-28)22-7-3-4-12-26-22/h1-12H,13-17H2. The Morgan fingerprint density at radius 3 is 2.35 bits per heavy atom. The fraction of sp³-hybridized carbons (Fsp3) is 0.208. The molecule has 7 heteroatoms. The highest BCUT2D eigenvalue weighted by atomic mass is 19.1. The number of anilines is 1. The molecule has 0 radical (unpaired) electrons. The fourth-order valence-corrected chi connectivity index (χ4v) is 4.02. The molecule has 4 aromatic rings. The first-order valence-electron chi connectivity index (χ1n) is 10.3. The Bertz CT molecular complexity index is 1250. The van der Waals surface area contributed by atoms with Crippen LogP contribution in [0.25, 0.3) is 16.6 Å². The number of piperazine rings is 1. The zero-order valence-corrected chi connectivity index (χ0v) is 17.0. The van der Waals surface area contributed by atoms with E-state index in [9.17, 15) is 9.18 Å². The molecule has 1 fully saturated rings. The molecule has 0 N–H and O–H groups in total. The third kappa shape index (κ3) is 3.92.